The van der Waals surface area contributed by atoms with Gasteiger partial charge in [0.25, 0.3) is 5.91 Å². The Morgan fingerprint density at radius 3 is 2.19 bits per heavy atom. The van der Waals surface area contributed by atoms with Crippen molar-refractivity contribution in [3.63, 3.8) is 0 Å². The highest BCUT2D eigenvalue weighted by Crippen LogP contribution is 2.16. The van der Waals surface area contributed by atoms with Crippen LogP contribution < -0.4 is 10.1 Å². The molecule has 2 N–H and O–H groups in total. The van der Waals surface area contributed by atoms with Crippen LogP contribution >= 0.6 is 0 Å². The van der Waals surface area contributed by atoms with E-state index in [1.807, 2.05) is 60.7 Å². The van der Waals surface area contributed by atoms with Gasteiger partial charge in [0.2, 0.25) is 0 Å². The van der Waals surface area contributed by atoms with E-state index >= 15 is 0 Å². The fourth-order valence-corrected chi connectivity index (χ4v) is 3.01. The quantitative estimate of drug-likeness (QED) is 0.406. The van der Waals surface area contributed by atoms with Crippen molar-refractivity contribution in [3.05, 3.63) is 108 Å². The van der Waals surface area contributed by atoms with Gasteiger partial charge in [-0.1, -0.05) is 66.7 Å². The van der Waals surface area contributed by atoms with E-state index in [4.69, 9.17) is 4.74 Å². The standard InChI is InChI=1S/C26H25NO4/c1-19(26(30)22-10-6-3-7-11-22)27-25(29)18-31-23-15-13-21(14-16-23)24(28)17-12-20-8-4-2-5-9-20/h2-17,19,26,30H,18H2,1H3,(H,27,29)/b17-12+. The number of hydrogen-bond donors (Lipinski definition) is 2. The van der Waals surface area contributed by atoms with Crippen molar-refractivity contribution in [1.82, 2.24) is 5.32 Å². The molecule has 0 aromatic heterocycles. The van der Waals surface area contributed by atoms with Gasteiger partial charge in [-0.3, -0.25) is 9.59 Å². The average molecular weight is 415 g/mol. The minimum atomic E-state index is -0.806. The summed E-state index contributed by atoms with van der Waals surface area (Å²) < 4.78 is 5.50. The molecule has 0 saturated carbocycles. The Kier molecular flexibility index (Phi) is 7.73. The molecule has 0 radical (unpaired) electrons. The van der Waals surface area contributed by atoms with Crippen molar-refractivity contribution in [2.75, 3.05) is 6.61 Å². The monoisotopic (exact) mass is 415 g/mol. The van der Waals surface area contributed by atoms with Gasteiger partial charge >= 0.3 is 0 Å². The van der Waals surface area contributed by atoms with Gasteiger partial charge in [-0.2, -0.15) is 0 Å². The molecular weight excluding hydrogens is 390 g/mol. The van der Waals surface area contributed by atoms with Crippen molar-refractivity contribution in [1.29, 1.82) is 0 Å². The Labute approximate surface area is 182 Å². The first kappa shape index (κ1) is 22.0. The SMILES string of the molecule is CC(NC(=O)COc1ccc(C(=O)/C=C/c2ccccc2)cc1)C(O)c1ccccc1. The number of nitrogens with one attached hydrogen (secondary N) is 1. The molecule has 5 heteroatoms. The Balaban J connectivity index is 1.48. The van der Waals surface area contributed by atoms with E-state index in [1.54, 1.807) is 37.3 Å². The van der Waals surface area contributed by atoms with Crippen LogP contribution in [-0.2, 0) is 4.79 Å². The lowest BCUT2D eigenvalue weighted by Crippen LogP contribution is -2.39. The van der Waals surface area contributed by atoms with Gasteiger partial charge in [-0.15, -0.1) is 0 Å². The number of carbonyl (C=O) groups is 2. The summed E-state index contributed by atoms with van der Waals surface area (Å²) in [4.78, 5) is 24.4. The zero-order chi connectivity index (χ0) is 22.1. The van der Waals surface area contributed by atoms with E-state index in [2.05, 4.69) is 5.32 Å². The second kappa shape index (κ2) is 10.9. The minimum Gasteiger partial charge on any atom is -0.484 e. The van der Waals surface area contributed by atoms with Crippen LogP contribution in [0.1, 0.15) is 34.5 Å². The van der Waals surface area contributed by atoms with Crippen LogP contribution in [0.4, 0.5) is 0 Å². The maximum Gasteiger partial charge on any atom is 0.258 e. The van der Waals surface area contributed by atoms with E-state index in [-0.39, 0.29) is 18.3 Å². The Morgan fingerprint density at radius 2 is 1.55 bits per heavy atom. The van der Waals surface area contributed by atoms with Crippen LogP contribution in [0, 0.1) is 0 Å². The van der Waals surface area contributed by atoms with Crippen molar-refractivity contribution >= 4 is 17.8 Å². The maximum atomic E-state index is 12.3. The molecule has 158 valence electrons. The first-order chi connectivity index (χ1) is 15.0. The first-order valence-corrected chi connectivity index (χ1v) is 10.1. The predicted molar refractivity (Wildman–Crippen MR) is 121 cm³/mol. The van der Waals surface area contributed by atoms with Gasteiger partial charge in [0.1, 0.15) is 5.75 Å². The fraction of sp³-hybridized carbons (Fsp3) is 0.154. The zero-order valence-electron chi connectivity index (χ0n) is 17.3. The molecule has 0 bridgehead atoms. The van der Waals surface area contributed by atoms with Crippen LogP contribution in [0.25, 0.3) is 6.08 Å². The van der Waals surface area contributed by atoms with Crippen molar-refractivity contribution in [2.45, 2.75) is 19.1 Å². The maximum absolute atomic E-state index is 12.3. The summed E-state index contributed by atoms with van der Waals surface area (Å²) in [6, 6.07) is 24.9. The van der Waals surface area contributed by atoms with Gasteiger partial charge in [0, 0.05) is 5.56 Å². The van der Waals surface area contributed by atoms with Crippen molar-refractivity contribution < 1.29 is 19.4 Å². The average Bonchev–Trinajstić information content (AvgIpc) is 2.82. The number of aliphatic hydroxyl groups is 1. The van der Waals surface area contributed by atoms with E-state index in [0.29, 0.717) is 11.3 Å². The zero-order valence-corrected chi connectivity index (χ0v) is 17.3. The number of carbonyl (C=O) groups excluding carboxylic acids is 2. The van der Waals surface area contributed by atoms with Gasteiger partial charge in [-0.25, -0.2) is 0 Å². The second-order valence-electron chi connectivity index (χ2n) is 7.13. The van der Waals surface area contributed by atoms with Crippen LogP contribution in [0.15, 0.2) is 91.0 Å². The number of allylic oxidation sites excluding steroid dienone is 1. The summed E-state index contributed by atoms with van der Waals surface area (Å²) in [6.45, 7) is 1.55. The molecule has 0 fully saturated rings. The topological polar surface area (TPSA) is 75.6 Å². The molecule has 0 heterocycles. The second-order valence-corrected chi connectivity index (χ2v) is 7.13. The number of ether oxygens (including phenoxy) is 1. The smallest absolute Gasteiger partial charge is 0.258 e. The lowest BCUT2D eigenvalue weighted by molar-refractivity contribution is -0.124. The molecule has 2 atom stereocenters. The normalized spacial score (nSPS) is 12.8. The summed E-state index contributed by atoms with van der Waals surface area (Å²) >= 11 is 0. The number of benzene rings is 3. The number of hydrogen-bond acceptors (Lipinski definition) is 4. The Bertz CT molecular complexity index is 1010. The third kappa shape index (κ3) is 6.66. The molecule has 0 aliphatic rings. The number of amides is 1. The Morgan fingerprint density at radius 1 is 0.935 bits per heavy atom. The summed E-state index contributed by atoms with van der Waals surface area (Å²) in [6.07, 6.45) is 2.49. The summed E-state index contributed by atoms with van der Waals surface area (Å²) in [7, 11) is 0. The molecule has 3 aromatic rings. The molecule has 3 rings (SSSR count). The third-order valence-electron chi connectivity index (χ3n) is 4.74. The largest absolute Gasteiger partial charge is 0.484 e. The molecule has 2 unspecified atom stereocenters. The highest BCUT2D eigenvalue weighted by molar-refractivity contribution is 6.06. The van der Waals surface area contributed by atoms with Gasteiger partial charge in [0.15, 0.2) is 12.4 Å². The molecule has 0 spiro atoms. The highest BCUT2D eigenvalue weighted by Gasteiger charge is 2.18. The van der Waals surface area contributed by atoms with Crippen LogP contribution in [0.3, 0.4) is 0 Å². The summed E-state index contributed by atoms with van der Waals surface area (Å²) in [5.74, 6) is 0.0281. The third-order valence-corrected chi connectivity index (χ3v) is 4.74. The highest BCUT2D eigenvalue weighted by atomic mass is 16.5. The molecule has 0 aliphatic carbocycles. The van der Waals surface area contributed by atoms with Crippen molar-refractivity contribution in [2.24, 2.45) is 0 Å². The Hall–Kier alpha value is -3.70. The number of rotatable bonds is 9. The van der Waals surface area contributed by atoms with Gasteiger partial charge in [0.05, 0.1) is 12.1 Å². The summed E-state index contributed by atoms with van der Waals surface area (Å²) in [5.41, 5.74) is 2.22. The van der Waals surface area contributed by atoms with Gasteiger partial charge < -0.3 is 15.2 Å². The van der Waals surface area contributed by atoms with E-state index in [0.717, 1.165) is 11.1 Å². The first-order valence-electron chi connectivity index (χ1n) is 10.1. The van der Waals surface area contributed by atoms with Crippen LogP contribution in [0.5, 0.6) is 5.75 Å². The van der Waals surface area contributed by atoms with Crippen molar-refractivity contribution in [3.8, 4) is 5.75 Å². The molecule has 3 aromatic carbocycles. The molecule has 31 heavy (non-hydrogen) atoms. The fourth-order valence-electron chi connectivity index (χ4n) is 3.01. The van der Waals surface area contributed by atoms with Gasteiger partial charge in [-0.05, 0) is 48.4 Å². The van der Waals surface area contributed by atoms with E-state index in [9.17, 15) is 14.7 Å². The number of ketones is 1. The summed E-state index contributed by atoms with van der Waals surface area (Å²) in [5, 5.41) is 13.1. The van der Waals surface area contributed by atoms with E-state index in [1.165, 1.54) is 6.08 Å². The lowest BCUT2D eigenvalue weighted by Gasteiger charge is -2.20. The number of aliphatic hydroxyl groups excluding tert-OH is 1. The van der Waals surface area contributed by atoms with E-state index < -0.39 is 12.1 Å². The lowest BCUT2D eigenvalue weighted by atomic mass is 10.0. The molecular formula is C26H25NO4. The molecule has 5 nitrogen and oxygen atoms in total. The van der Waals surface area contributed by atoms with Crippen LogP contribution in [-0.4, -0.2) is 29.4 Å². The minimum absolute atomic E-state index is 0.114. The predicted octanol–water partition coefficient (Wildman–Crippen LogP) is 4.20. The van der Waals surface area contributed by atoms with Crippen LogP contribution in [0.2, 0.25) is 0 Å². The molecule has 0 saturated heterocycles. The molecule has 1 amide bonds. The molecule has 0 aliphatic heterocycles.